The third-order valence-corrected chi connectivity index (χ3v) is 2.47. The van der Waals surface area contributed by atoms with Crippen molar-refractivity contribution in [3.63, 3.8) is 0 Å². The standard InChI is InChI=1S/C13H20N2O3/c1-13(2,9-14)18-8-12(16)15-10-6-4-5-7-11(10)17-3/h4-7H,8-9,14H2,1-3H3,(H,15,16). The summed E-state index contributed by atoms with van der Waals surface area (Å²) in [5.41, 5.74) is 5.64. The second-order valence-corrected chi connectivity index (χ2v) is 4.50. The van der Waals surface area contributed by atoms with E-state index in [0.29, 0.717) is 18.0 Å². The summed E-state index contributed by atoms with van der Waals surface area (Å²) in [6.45, 7) is 3.99. The minimum Gasteiger partial charge on any atom is -0.495 e. The molecule has 0 fully saturated rings. The highest BCUT2D eigenvalue weighted by atomic mass is 16.5. The zero-order valence-electron chi connectivity index (χ0n) is 11.0. The number of methoxy groups -OCH3 is 1. The Labute approximate surface area is 107 Å². The van der Waals surface area contributed by atoms with Gasteiger partial charge in [0.1, 0.15) is 12.4 Å². The summed E-state index contributed by atoms with van der Waals surface area (Å²) in [5.74, 6) is 0.380. The van der Waals surface area contributed by atoms with Crippen molar-refractivity contribution in [2.45, 2.75) is 19.4 Å². The molecule has 1 rings (SSSR count). The lowest BCUT2D eigenvalue weighted by atomic mass is 10.1. The Morgan fingerprint density at radius 1 is 1.39 bits per heavy atom. The van der Waals surface area contributed by atoms with Crippen molar-refractivity contribution in [1.29, 1.82) is 0 Å². The van der Waals surface area contributed by atoms with Gasteiger partial charge in [-0.1, -0.05) is 12.1 Å². The lowest BCUT2D eigenvalue weighted by Crippen LogP contribution is -2.36. The molecule has 1 amide bonds. The number of amides is 1. The SMILES string of the molecule is COc1ccccc1NC(=O)COC(C)(C)CN. The largest absolute Gasteiger partial charge is 0.495 e. The first kappa shape index (κ1) is 14.5. The van der Waals surface area contributed by atoms with Crippen LogP contribution >= 0.6 is 0 Å². The Bertz CT molecular complexity index is 405. The molecule has 0 bridgehead atoms. The van der Waals surface area contributed by atoms with Gasteiger partial charge < -0.3 is 20.5 Å². The molecule has 100 valence electrons. The number of hydrogen-bond acceptors (Lipinski definition) is 4. The molecule has 5 nitrogen and oxygen atoms in total. The molecule has 0 aromatic heterocycles. The number of nitrogens with one attached hydrogen (secondary N) is 1. The predicted molar refractivity (Wildman–Crippen MR) is 70.7 cm³/mol. The van der Waals surface area contributed by atoms with Gasteiger partial charge in [-0.15, -0.1) is 0 Å². The first-order valence-corrected chi connectivity index (χ1v) is 5.75. The van der Waals surface area contributed by atoms with Crippen LogP contribution in [0.4, 0.5) is 5.69 Å². The summed E-state index contributed by atoms with van der Waals surface area (Å²) in [6.07, 6.45) is 0. The van der Waals surface area contributed by atoms with Crippen molar-refractivity contribution in [3.05, 3.63) is 24.3 Å². The van der Waals surface area contributed by atoms with Gasteiger partial charge in [0.2, 0.25) is 0 Å². The van der Waals surface area contributed by atoms with E-state index in [4.69, 9.17) is 15.2 Å². The molecule has 0 radical (unpaired) electrons. The van der Waals surface area contributed by atoms with E-state index in [9.17, 15) is 4.79 Å². The number of rotatable bonds is 6. The van der Waals surface area contributed by atoms with Crippen LogP contribution in [0.5, 0.6) is 5.75 Å². The molecule has 0 atom stereocenters. The highest BCUT2D eigenvalue weighted by Gasteiger charge is 2.17. The van der Waals surface area contributed by atoms with Gasteiger partial charge in [0.15, 0.2) is 0 Å². The molecular weight excluding hydrogens is 232 g/mol. The van der Waals surface area contributed by atoms with Gasteiger partial charge >= 0.3 is 0 Å². The summed E-state index contributed by atoms with van der Waals surface area (Å²) >= 11 is 0. The average Bonchev–Trinajstić information content (AvgIpc) is 2.37. The van der Waals surface area contributed by atoms with E-state index in [1.807, 2.05) is 26.0 Å². The van der Waals surface area contributed by atoms with E-state index in [-0.39, 0.29) is 12.5 Å². The van der Waals surface area contributed by atoms with E-state index in [2.05, 4.69) is 5.32 Å². The fourth-order valence-electron chi connectivity index (χ4n) is 1.25. The molecule has 1 aromatic rings. The van der Waals surface area contributed by atoms with E-state index < -0.39 is 5.60 Å². The topological polar surface area (TPSA) is 73.6 Å². The van der Waals surface area contributed by atoms with Crippen molar-refractivity contribution < 1.29 is 14.3 Å². The number of nitrogens with two attached hydrogens (primary N) is 1. The van der Waals surface area contributed by atoms with Crippen molar-refractivity contribution in [3.8, 4) is 5.75 Å². The van der Waals surface area contributed by atoms with Gasteiger partial charge in [-0.25, -0.2) is 0 Å². The van der Waals surface area contributed by atoms with Gasteiger partial charge in [0.25, 0.3) is 5.91 Å². The zero-order chi connectivity index (χ0) is 13.6. The first-order valence-electron chi connectivity index (χ1n) is 5.75. The van der Waals surface area contributed by atoms with Gasteiger partial charge in [-0.3, -0.25) is 4.79 Å². The molecule has 0 heterocycles. The van der Waals surface area contributed by atoms with Gasteiger partial charge in [-0.05, 0) is 26.0 Å². The van der Waals surface area contributed by atoms with Gasteiger partial charge in [0, 0.05) is 6.54 Å². The molecule has 0 saturated heterocycles. The molecule has 0 aliphatic heterocycles. The fourth-order valence-corrected chi connectivity index (χ4v) is 1.25. The molecule has 3 N–H and O–H groups in total. The summed E-state index contributed by atoms with van der Waals surface area (Å²) < 4.78 is 10.5. The van der Waals surface area contributed by atoms with E-state index >= 15 is 0 Å². The van der Waals surface area contributed by atoms with Crippen LogP contribution in [0.15, 0.2) is 24.3 Å². The van der Waals surface area contributed by atoms with Crippen LogP contribution in [-0.2, 0) is 9.53 Å². The Morgan fingerprint density at radius 3 is 2.67 bits per heavy atom. The van der Waals surface area contributed by atoms with Gasteiger partial charge in [0.05, 0.1) is 18.4 Å². The highest BCUT2D eigenvalue weighted by molar-refractivity contribution is 5.93. The summed E-state index contributed by atoms with van der Waals surface area (Å²) in [5, 5.41) is 2.73. The van der Waals surface area contributed by atoms with Crippen LogP contribution in [0, 0.1) is 0 Å². The molecule has 0 saturated carbocycles. The summed E-state index contributed by atoms with van der Waals surface area (Å²) in [4.78, 5) is 11.7. The monoisotopic (exact) mass is 252 g/mol. The molecule has 0 aliphatic rings. The van der Waals surface area contributed by atoms with Crippen LogP contribution in [0.25, 0.3) is 0 Å². The maximum Gasteiger partial charge on any atom is 0.250 e. The lowest BCUT2D eigenvalue weighted by molar-refractivity contribution is -0.125. The first-order chi connectivity index (χ1) is 8.48. The van der Waals surface area contributed by atoms with Crippen LogP contribution in [-0.4, -0.2) is 31.8 Å². The smallest absolute Gasteiger partial charge is 0.250 e. The minimum absolute atomic E-state index is 0.0394. The van der Waals surface area contributed by atoms with Crippen LogP contribution in [0.2, 0.25) is 0 Å². The molecule has 0 aliphatic carbocycles. The van der Waals surface area contributed by atoms with E-state index in [1.165, 1.54) is 0 Å². The number of para-hydroxylation sites is 2. The maximum absolute atomic E-state index is 11.7. The fraction of sp³-hybridized carbons (Fsp3) is 0.462. The quantitative estimate of drug-likeness (QED) is 0.802. The number of carbonyl (C=O) groups excluding carboxylic acids is 1. The second-order valence-electron chi connectivity index (χ2n) is 4.50. The molecule has 18 heavy (non-hydrogen) atoms. The Kier molecular flexibility index (Phi) is 5.12. The van der Waals surface area contributed by atoms with Crippen molar-refractivity contribution in [2.24, 2.45) is 5.73 Å². The molecule has 0 unspecified atom stereocenters. The maximum atomic E-state index is 11.7. The summed E-state index contributed by atoms with van der Waals surface area (Å²) in [7, 11) is 1.55. The van der Waals surface area contributed by atoms with Crippen LogP contribution < -0.4 is 15.8 Å². The van der Waals surface area contributed by atoms with E-state index in [1.54, 1.807) is 19.2 Å². The molecule has 1 aromatic carbocycles. The average molecular weight is 252 g/mol. The van der Waals surface area contributed by atoms with Crippen molar-refractivity contribution >= 4 is 11.6 Å². The lowest BCUT2D eigenvalue weighted by Gasteiger charge is -2.22. The normalized spacial score (nSPS) is 11.1. The Morgan fingerprint density at radius 2 is 2.06 bits per heavy atom. The van der Waals surface area contributed by atoms with Crippen molar-refractivity contribution in [2.75, 3.05) is 25.6 Å². The predicted octanol–water partition coefficient (Wildman–Crippen LogP) is 1.39. The second kappa shape index (κ2) is 6.37. The Hall–Kier alpha value is -1.59. The third kappa shape index (κ3) is 4.35. The number of ether oxygens (including phenoxy) is 2. The van der Waals surface area contributed by atoms with Crippen LogP contribution in [0.3, 0.4) is 0 Å². The molecule has 5 heteroatoms. The van der Waals surface area contributed by atoms with E-state index in [0.717, 1.165) is 0 Å². The molecule has 0 spiro atoms. The number of carbonyl (C=O) groups is 1. The van der Waals surface area contributed by atoms with Crippen molar-refractivity contribution in [1.82, 2.24) is 0 Å². The summed E-state index contributed by atoms with van der Waals surface area (Å²) in [6, 6.07) is 7.20. The number of benzene rings is 1. The van der Waals surface area contributed by atoms with Crippen LogP contribution in [0.1, 0.15) is 13.8 Å². The zero-order valence-corrected chi connectivity index (χ0v) is 11.0. The minimum atomic E-state index is -0.502. The van der Waals surface area contributed by atoms with Gasteiger partial charge in [-0.2, -0.15) is 0 Å². The third-order valence-electron chi connectivity index (χ3n) is 2.47. The molecular formula is C13H20N2O3. The number of anilines is 1. The highest BCUT2D eigenvalue weighted by Crippen LogP contribution is 2.22. The number of hydrogen-bond donors (Lipinski definition) is 2. The Balaban J connectivity index is 2.55.